The number of halogens is 3. The first-order valence-electron chi connectivity index (χ1n) is 4.38. The smallest absolute Gasteiger partial charge is 0.261 e. The highest BCUT2D eigenvalue weighted by molar-refractivity contribution is 9.09. The maximum Gasteiger partial charge on any atom is 0.261 e. The van der Waals surface area contributed by atoms with Crippen LogP contribution in [0.4, 0.5) is 4.39 Å². The van der Waals surface area contributed by atoms with E-state index >= 15 is 0 Å². The van der Waals surface area contributed by atoms with Gasteiger partial charge in [0.15, 0.2) is 11.6 Å². The number of benzene rings is 1. The lowest BCUT2D eigenvalue weighted by Crippen LogP contribution is -2.00. The van der Waals surface area contributed by atoms with E-state index in [1.54, 1.807) is 0 Å². The zero-order chi connectivity index (χ0) is 12.2. The molecule has 0 atom stereocenters. The molecule has 0 aliphatic carbocycles. The van der Waals surface area contributed by atoms with Gasteiger partial charge < -0.3 is 4.74 Å². The van der Waals surface area contributed by atoms with E-state index in [-0.39, 0.29) is 10.6 Å². The van der Waals surface area contributed by atoms with E-state index < -0.39 is 14.9 Å². The second-order valence-corrected chi connectivity index (χ2v) is 6.28. The second kappa shape index (κ2) is 5.84. The molecule has 0 aliphatic rings. The minimum atomic E-state index is -3.90. The fourth-order valence-corrected chi connectivity index (χ4v) is 1.98. The number of ether oxygens (including phenoxy) is 1. The molecule has 0 bridgehead atoms. The summed E-state index contributed by atoms with van der Waals surface area (Å²) in [5.74, 6) is -0.721. The largest absolute Gasteiger partial charge is 0.490 e. The molecule has 0 heterocycles. The molecule has 0 unspecified atom stereocenters. The Balaban J connectivity index is 2.84. The van der Waals surface area contributed by atoms with Crippen LogP contribution in [0.5, 0.6) is 5.75 Å². The Labute approximate surface area is 106 Å². The van der Waals surface area contributed by atoms with Crippen molar-refractivity contribution in [3.05, 3.63) is 24.0 Å². The lowest BCUT2D eigenvalue weighted by atomic mass is 10.3. The minimum absolute atomic E-state index is 0.0185. The van der Waals surface area contributed by atoms with Gasteiger partial charge in [-0.15, -0.1) is 0 Å². The highest BCUT2D eigenvalue weighted by Crippen LogP contribution is 2.23. The molecule has 0 spiro atoms. The number of alkyl halides is 1. The normalized spacial score (nSPS) is 11.4. The molecule has 0 radical (unpaired) electrons. The Morgan fingerprint density at radius 1 is 1.44 bits per heavy atom. The Morgan fingerprint density at radius 2 is 2.12 bits per heavy atom. The first-order valence-corrected chi connectivity index (χ1v) is 7.81. The number of rotatable bonds is 5. The van der Waals surface area contributed by atoms with Gasteiger partial charge in [0.05, 0.1) is 11.5 Å². The van der Waals surface area contributed by atoms with E-state index in [4.69, 9.17) is 15.4 Å². The van der Waals surface area contributed by atoms with E-state index in [0.717, 1.165) is 17.8 Å². The van der Waals surface area contributed by atoms with Crippen molar-refractivity contribution in [2.45, 2.75) is 11.3 Å². The molecule has 0 saturated heterocycles. The average Bonchev–Trinajstić information content (AvgIpc) is 2.19. The first kappa shape index (κ1) is 13.7. The van der Waals surface area contributed by atoms with Gasteiger partial charge in [0.1, 0.15) is 0 Å². The maximum absolute atomic E-state index is 13.3. The fourth-order valence-electron chi connectivity index (χ4n) is 0.987. The molecule has 16 heavy (non-hydrogen) atoms. The average molecular weight is 332 g/mol. The highest BCUT2D eigenvalue weighted by atomic mass is 79.9. The Hall–Kier alpha value is -0.330. The lowest BCUT2D eigenvalue weighted by molar-refractivity contribution is 0.302. The van der Waals surface area contributed by atoms with E-state index in [0.29, 0.717) is 6.61 Å². The minimum Gasteiger partial charge on any atom is -0.490 e. The molecule has 90 valence electrons. The van der Waals surface area contributed by atoms with Crippen molar-refractivity contribution in [2.24, 2.45) is 0 Å². The third-order valence-electron chi connectivity index (χ3n) is 1.72. The van der Waals surface area contributed by atoms with Crippen LogP contribution in [-0.4, -0.2) is 20.4 Å². The van der Waals surface area contributed by atoms with E-state index in [1.165, 1.54) is 12.1 Å². The predicted octanol–water partition coefficient (Wildman–Crippen LogP) is 2.92. The van der Waals surface area contributed by atoms with Gasteiger partial charge in [-0.3, -0.25) is 0 Å². The second-order valence-electron chi connectivity index (χ2n) is 2.92. The van der Waals surface area contributed by atoms with Crippen LogP contribution in [0.1, 0.15) is 6.42 Å². The summed E-state index contributed by atoms with van der Waals surface area (Å²) in [6, 6.07) is 3.29. The molecule has 1 aromatic carbocycles. The predicted molar refractivity (Wildman–Crippen MR) is 63.3 cm³/mol. The Morgan fingerprint density at radius 3 is 2.62 bits per heavy atom. The molecular weight excluding hydrogens is 323 g/mol. The molecule has 0 aromatic heterocycles. The summed E-state index contributed by atoms with van der Waals surface area (Å²) >= 11 is 3.21. The molecule has 7 heteroatoms. The Kier molecular flexibility index (Phi) is 5.01. The summed E-state index contributed by atoms with van der Waals surface area (Å²) in [7, 11) is 1.17. The topological polar surface area (TPSA) is 43.4 Å². The van der Waals surface area contributed by atoms with Crippen molar-refractivity contribution in [3.8, 4) is 5.75 Å². The van der Waals surface area contributed by atoms with Gasteiger partial charge in [-0.2, -0.15) is 0 Å². The summed E-state index contributed by atoms with van der Waals surface area (Å²) in [4.78, 5) is -0.278. The molecule has 0 saturated carbocycles. The van der Waals surface area contributed by atoms with Gasteiger partial charge in [-0.1, -0.05) is 15.9 Å². The molecule has 0 N–H and O–H groups in total. The monoisotopic (exact) mass is 330 g/mol. The van der Waals surface area contributed by atoms with Crippen LogP contribution in [0.3, 0.4) is 0 Å². The third kappa shape index (κ3) is 3.92. The number of hydrogen-bond acceptors (Lipinski definition) is 3. The van der Waals surface area contributed by atoms with Crippen LogP contribution in [0, 0.1) is 5.82 Å². The lowest BCUT2D eigenvalue weighted by Gasteiger charge is -2.06. The summed E-state index contributed by atoms with van der Waals surface area (Å²) in [6.45, 7) is 0.356. The quantitative estimate of drug-likeness (QED) is 0.473. The molecule has 0 amide bonds. The van der Waals surface area contributed by atoms with Crippen LogP contribution in [0.25, 0.3) is 0 Å². The van der Waals surface area contributed by atoms with Gasteiger partial charge in [-0.25, -0.2) is 12.8 Å². The van der Waals surface area contributed by atoms with Crippen LogP contribution in [0.2, 0.25) is 0 Å². The van der Waals surface area contributed by atoms with Gasteiger partial charge in [0.25, 0.3) is 9.05 Å². The van der Waals surface area contributed by atoms with Gasteiger partial charge >= 0.3 is 0 Å². The molecule has 0 aliphatic heterocycles. The third-order valence-corrected chi connectivity index (χ3v) is 3.63. The van der Waals surface area contributed by atoms with Crippen molar-refractivity contribution >= 4 is 35.7 Å². The Bertz CT molecular complexity index is 464. The summed E-state index contributed by atoms with van der Waals surface area (Å²) in [5.41, 5.74) is 0. The zero-order valence-electron chi connectivity index (χ0n) is 8.12. The fraction of sp³-hybridized carbons (Fsp3) is 0.333. The van der Waals surface area contributed by atoms with Crippen molar-refractivity contribution in [1.29, 1.82) is 0 Å². The van der Waals surface area contributed by atoms with Crippen LogP contribution in [-0.2, 0) is 9.05 Å². The van der Waals surface area contributed by atoms with Gasteiger partial charge in [0, 0.05) is 16.0 Å². The van der Waals surface area contributed by atoms with Crippen LogP contribution >= 0.6 is 26.6 Å². The number of hydrogen-bond donors (Lipinski definition) is 0. The van der Waals surface area contributed by atoms with Gasteiger partial charge in [0.2, 0.25) is 0 Å². The van der Waals surface area contributed by atoms with Crippen molar-refractivity contribution < 1.29 is 17.5 Å². The zero-order valence-corrected chi connectivity index (χ0v) is 11.3. The molecule has 3 nitrogen and oxygen atoms in total. The van der Waals surface area contributed by atoms with Crippen molar-refractivity contribution in [3.63, 3.8) is 0 Å². The van der Waals surface area contributed by atoms with Crippen molar-refractivity contribution in [2.75, 3.05) is 11.9 Å². The van der Waals surface area contributed by atoms with E-state index in [2.05, 4.69) is 15.9 Å². The first-order chi connectivity index (χ1) is 7.45. The highest BCUT2D eigenvalue weighted by Gasteiger charge is 2.13. The molecule has 1 rings (SSSR count). The maximum atomic E-state index is 13.3. The molecular formula is C9H9BrClFO3S. The van der Waals surface area contributed by atoms with E-state index in [1.807, 2.05) is 0 Å². The van der Waals surface area contributed by atoms with Crippen molar-refractivity contribution in [1.82, 2.24) is 0 Å². The summed E-state index contributed by atoms with van der Waals surface area (Å²) in [6.07, 6.45) is 0.731. The van der Waals surface area contributed by atoms with Gasteiger partial charge in [-0.05, 0) is 24.6 Å². The summed E-state index contributed by atoms with van der Waals surface area (Å²) < 4.78 is 40.3. The standard InChI is InChI=1S/C9H9BrClFO3S/c10-4-1-5-15-9-3-2-7(6-8(9)12)16(11,13)14/h2-3,6H,1,4-5H2. The molecule has 1 aromatic rings. The molecule has 0 fully saturated rings. The van der Waals surface area contributed by atoms with Crippen LogP contribution in [0.15, 0.2) is 23.1 Å². The summed E-state index contributed by atoms with van der Waals surface area (Å²) in [5, 5.41) is 0.753. The van der Waals surface area contributed by atoms with E-state index in [9.17, 15) is 12.8 Å². The SMILES string of the molecule is O=S(=O)(Cl)c1ccc(OCCCBr)c(F)c1. The van der Waals surface area contributed by atoms with Crippen LogP contribution < -0.4 is 4.74 Å².